The van der Waals surface area contributed by atoms with E-state index in [1.807, 2.05) is 0 Å². The summed E-state index contributed by atoms with van der Waals surface area (Å²) in [6.45, 7) is -4.14. The van der Waals surface area contributed by atoms with Crippen LogP contribution in [0.25, 0.3) is 0 Å². The third kappa shape index (κ3) is 5.77. The number of halogens is 2. The van der Waals surface area contributed by atoms with Gasteiger partial charge in [0.1, 0.15) is 19.0 Å². The van der Waals surface area contributed by atoms with E-state index in [2.05, 4.69) is 14.8 Å². The molecule has 0 saturated heterocycles. The summed E-state index contributed by atoms with van der Waals surface area (Å²) in [5.41, 5.74) is 0.0479. The van der Waals surface area contributed by atoms with Crippen LogP contribution in [0.3, 0.4) is 0 Å². The summed E-state index contributed by atoms with van der Waals surface area (Å²) < 4.78 is 33.0. The molecule has 1 amide bonds. The molecule has 0 aliphatic rings. The molecule has 6 nitrogen and oxygen atoms in total. The van der Waals surface area contributed by atoms with Crippen LogP contribution < -0.4 is 10.1 Å². The Morgan fingerprint density at radius 2 is 1.95 bits per heavy atom. The third-order valence-corrected chi connectivity index (χ3v) is 1.84. The number of rotatable bonds is 7. The molecule has 1 aromatic carbocycles. The van der Waals surface area contributed by atoms with Crippen LogP contribution in [0.4, 0.5) is 14.5 Å². The van der Waals surface area contributed by atoms with Gasteiger partial charge in [-0.25, -0.2) is 4.79 Å². The fraction of sp³-hybridized carbons (Fsp3) is 0.273. The predicted octanol–water partition coefficient (Wildman–Crippen LogP) is 1.33. The Kier molecular flexibility index (Phi) is 5.68. The highest BCUT2D eigenvalue weighted by atomic mass is 19.3. The van der Waals surface area contributed by atoms with Crippen LogP contribution in [0.15, 0.2) is 24.3 Å². The molecule has 0 bridgehead atoms. The van der Waals surface area contributed by atoms with Crippen LogP contribution in [-0.2, 0) is 14.3 Å². The fourth-order valence-electron chi connectivity index (χ4n) is 1.19. The van der Waals surface area contributed by atoms with Crippen molar-refractivity contribution in [3.8, 4) is 5.75 Å². The highest BCUT2D eigenvalue weighted by molar-refractivity contribution is 5.93. The number of para-hydroxylation sites is 2. The van der Waals surface area contributed by atoms with Gasteiger partial charge in [0.25, 0.3) is 0 Å². The van der Waals surface area contributed by atoms with Gasteiger partial charge in [0.15, 0.2) is 0 Å². The number of carboxylic acids is 1. The second-order valence-corrected chi connectivity index (χ2v) is 3.31. The molecule has 104 valence electrons. The predicted molar refractivity (Wildman–Crippen MR) is 60.2 cm³/mol. The van der Waals surface area contributed by atoms with Gasteiger partial charge in [0, 0.05) is 0 Å². The van der Waals surface area contributed by atoms with Gasteiger partial charge in [-0.2, -0.15) is 8.78 Å². The largest absolute Gasteiger partial charge is 0.480 e. The number of hydrogen-bond acceptors (Lipinski definition) is 4. The summed E-state index contributed by atoms with van der Waals surface area (Å²) in [5, 5.41) is 10.6. The van der Waals surface area contributed by atoms with Crippen molar-refractivity contribution in [3.63, 3.8) is 0 Å². The lowest BCUT2D eigenvalue weighted by molar-refractivity contribution is -0.143. The minimum Gasteiger partial charge on any atom is -0.480 e. The number of carbonyl (C=O) groups is 2. The van der Waals surface area contributed by atoms with Crippen molar-refractivity contribution in [1.82, 2.24) is 0 Å². The molecule has 1 rings (SSSR count). The molecule has 8 heteroatoms. The summed E-state index contributed by atoms with van der Waals surface area (Å²) in [5.74, 6) is -2.08. The van der Waals surface area contributed by atoms with Crippen LogP contribution >= 0.6 is 0 Å². The summed E-state index contributed by atoms with van der Waals surface area (Å²) >= 11 is 0. The maximum Gasteiger partial charge on any atom is 0.387 e. The molecule has 0 aromatic heterocycles. The van der Waals surface area contributed by atoms with Crippen LogP contribution in [0.1, 0.15) is 0 Å². The zero-order valence-corrected chi connectivity index (χ0v) is 9.64. The highest BCUT2D eigenvalue weighted by Crippen LogP contribution is 2.25. The zero-order chi connectivity index (χ0) is 14.3. The molecular weight excluding hydrogens is 264 g/mol. The van der Waals surface area contributed by atoms with Crippen LogP contribution in [0, 0.1) is 0 Å². The topological polar surface area (TPSA) is 84.9 Å². The van der Waals surface area contributed by atoms with E-state index in [9.17, 15) is 18.4 Å². The lowest BCUT2D eigenvalue weighted by Gasteiger charge is -2.11. The first kappa shape index (κ1) is 14.8. The Bertz CT molecular complexity index is 452. The molecule has 2 N–H and O–H groups in total. The first-order chi connectivity index (χ1) is 8.99. The molecule has 0 aliphatic heterocycles. The molecule has 0 atom stereocenters. The van der Waals surface area contributed by atoms with Crippen LogP contribution in [-0.4, -0.2) is 36.8 Å². The molecule has 0 heterocycles. The summed E-state index contributed by atoms with van der Waals surface area (Å²) in [4.78, 5) is 21.5. The van der Waals surface area contributed by atoms with Crippen molar-refractivity contribution in [2.45, 2.75) is 6.61 Å². The van der Waals surface area contributed by atoms with E-state index >= 15 is 0 Å². The fourth-order valence-corrected chi connectivity index (χ4v) is 1.19. The van der Waals surface area contributed by atoms with Crippen LogP contribution in [0.5, 0.6) is 5.75 Å². The third-order valence-electron chi connectivity index (χ3n) is 1.84. The lowest BCUT2D eigenvalue weighted by atomic mass is 10.3. The number of benzene rings is 1. The van der Waals surface area contributed by atoms with Gasteiger partial charge in [-0.05, 0) is 12.1 Å². The van der Waals surface area contributed by atoms with E-state index in [-0.39, 0.29) is 11.4 Å². The number of alkyl halides is 2. The van der Waals surface area contributed by atoms with Crippen LogP contribution in [0.2, 0.25) is 0 Å². The quantitative estimate of drug-likeness (QED) is 0.784. The molecule has 0 saturated carbocycles. The Hall–Kier alpha value is -2.22. The minimum absolute atomic E-state index is 0.0479. The standard InChI is InChI=1S/C11H11F2NO5/c12-11(13)19-8-4-2-1-3-7(8)14-9(15)5-18-6-10(16)17/h1-4,11H,5-6H2,(H,14,15)(H,16,17). The first-order valence-electron chi connectivity index (χ1n) is 5.12. The zero-order valence-electron chi connectivity index (χ0n) is 9.64. The number of anilines is 1. The molecule has 0 fully saturated rings. The smallest absolute Gasteiger partial charge is 0.387 e. The Balaban J connectivity index is 2.56. The van der Waals surface area contributed by atoms with E-state index in [1.54, 1.807) is 0 Å². The number of carbonyl (C=O) groups excluding carboxylic acids is 1. The number of nitrogens with one attached hydrogen (secondary N) is 1. The van der Waals surface area contributed by atoms with Crippen molar-refractivity contribution in [3.05, 3.63) is 24.3 Å². The Labute approximate surface area is 106 Å². The van der Waals surface area contributed by atoms with Gasteiger partial charge in [0.2, 0.25) is 5.91 Å². The van der Waals surface area contributed by atoms with Gasteiger partial charge in [-0.3, -0.25) is 4.79 Å². The number of carboxylic acid groups (broad SMARTS) is 1. The lowest BCUT2D eigenvalue weighted by Crippen LogP contribution is -2.21. The van der Waals surface area contributed by atoms with Gasteiger partial charge in [-0.15, -0.1) is 0 Å². The molecule has 0 spiro atoms. The number of hydrogen-bond donors (Lipinski definition) is 2. The van der Waals surface area contributed by atoms with Crippen molar-refractivity contribution in [2.75, 3.05) is 18.5 Å². The van der Waals surface area contributed by atoms with Gasteiger partial charge < -0.3 is 19.9 Å². The van der Waals surface area contributed by atoms with E-state index in [0.29, 0.717) is 0 Å². The van der Waals surface area contributed by atoms with Crippen molar-refractivity contribution in [1.29, 1.82) is 0 Å². The maximum atomic E-state index is 12.1. The summed E-state index contributed by atoms with van der Waals surface area (Å²) in [7, 11) is 0. The van der Waals surface area contributed by atoms with Gasteiger partial charge >= 0.3 is 12.6 Å². The molecule has 0 unspecified atom stereocenters. The number of amides is 1. The molecule has 0 radical (unpaired) electrons. The van der Waals surface area contributed by atoms with Gasteiger partial charge in [0.05, 0.1) is 5.69 Å². The molecule has 0 aliphatic carbocycles. The van der Waals surface area contributed by atoms with Gasteiger partial charge in [-0.1, -0.05) is 12.1 Å². The summed E-state index contributed by atoms with van der Waals surface area (Å²) in [6.07, 6.45) is 0. The van der Waals surface area contributed by atoms with E-state index in [4.69, 9.17) is 5.11 Å². The molecule has 19 heavy (non-hydrogen) atoms. The van der Waals surface area contributed by atoms with Crippen molar-refractivity contribution < 1.29 is 33.0 Å². The van der Waals surface area contributed by atoms with Crippen molar-refractivity contribution >= 4 is 17.6 Å². The first-order valence-corrected chi connectivity index (χ1v) is 5.12. The second kappa shape index (κ2) is 7.27. The average molecular weight is 275 g/mol. The number of ether oxygens (including phenoxy) is 2. The Morgan fingerprint density at radius 1 is 1.26 bits per heavy atom. The average Bonchev–Trinajstić information content (AvgIpc) is 2.30. The van der Waals surface area contributed by atoms with E-state index in [0.717, 1.165) is 0 Å². The minimum atomic E-state index is -3.01. The maximum absolute atomic E-state index is 12.1. The summed E-state index contributed by atoms with van der Waals surface area (Å²) in [6, 6.07) is 5.62. The second-order valence-electron chi connectivity index (χ2n) is 3.31. The monoisotopic (exact) mass is 275 g/mol. The molecular formula is C11H11F2NO5. The Morgan fingerprint density at radius 3 is 2.58 bits per heavy atom. The van der Waals surface area contributed by atoms with E-state index in [1.165, 1.54) is 24.3 Å². The molecule has 1 aromatic rings. The number of aliphatic carboxylic acids is 1. The SMILES string of the molecule is O=C(O)COCC(=O)Nc1ccccc1OC(F)F. The highest BCUT2D eigenvalue weighted by Gasteiger charge is 2.11. The van der Waals surface area contributed by atoms with Crippen molar-refractivity contribution in [2.24, 2.45) is 0 Å². The normalized spacial score (nSPS) is 10.3. The van der Waals surface area contributed by atoms with E-state index < -0.39 is 31.7 Å².